The molecule has 2 N–H and O–H groups in total. The lowest BCUT2D eigenvalue weighted by Gasteiger charge is -2.13. The summed E-state index contributed by atoms with van der Waals surface area (Å²) in [7, 11) is -3.52. The number of sulfonamides is 1. The molecule has 19 heavy (non-hydrogen) atoms. The Labute approximate surface area is 132 Å². The van der Waals surface area contributed by atoms with Crippen molar-refractivity contribution < 1.29 is 8.42 Å². The minimum Gasteiger partial charge on any atom is -0.313 e. The van der Waals surface area contributed by atoms with Crippen LogP contribution in [0.15, 0.2) is 27.6 Å². The topological polar surface area (TPSA) is 58.2 Å². The Balaban J connectivity index is 0.00000180. The van der Waals surface area contributed by atoms with E-state index in [2.05, 4.69) is 26.0 Å². The summed E-state index contributed by atoms with van der Waals surface area (Å²) in [5.74, 6) is 0. The maximum absolute atomic E-state index is 12.1. The summed E-state index contributed by atoms with van der Waals surface area (Å²) in [5.41, 5.74) is 0. The summed E-state index contributed by atoms with van der Waals surface area (Å²) in [6.07, 6.45) is 2.09. The molecule has 108 valence electrons. The number of rotatable bonds is 4. The van der Waals surface area contributed by atoms with Crippen molar-refractivity contribution in [3.8, 4) is 0 Å². The predicted octanol–water partition coefficient (Wildman–Crippen LogP) is 2.55. The first-order chi connectivity index (χ1) is 8.50. The highest BCUT2D eigenvalue weighted by Crippen LogP contribution is 2.29. The fraction of sp³-hybridized carbons (Fsp3) is 0.455. The van der Waals surface area contributed by atoms with E-state index in [9.17, 15) is 8.42 Å². The molecule has 1 saturated heterocycles. The molecule has 0 radical (unpaired) electrons. The van der Waals surface area contributed by atoms with Gasteiger partial charge in [0.2, 0.25) is 10.0 Å². The Morgan fingerprint density at radius 2 is 2.21 bits per heavy atom. The van der Waals surface area contributed by atoms with Crippen LogP contribution >= 0.6 is 39.9 Å². The second-order valence-corrected chi connectivity index (χ2v) is 7.13. The van der Waals surface area contributed by atoms with Gasteiger partial charge in [-0.2, -0.15) is 0 Å². The van der Waals surface area contributed by atoms with E-state index in [4.69, 9.17) is 11.6 Å². The molecule has 0 aliphatic carbocycles. The highest BCUT2D eigenvalue weighted by atomic mass is 79.9. The first-order valence-electron chi connectivity index (χ1n) is 5.68. The summed E-state index contributed by atoms with van der Waals surface area (Å²) < 4.78 is 27.3. The second-order valence-electron chi connectivity index (χ2n) is 4.20. The van der Waals surface area contributed by atoms with Crippen LogP contribution in [0.3, 0.4) is 0 Å². The van der Waals surface area contributed by atoms with E-state index in [0.717, 1.165) is 19.4 Å². The lowest BCUT2D eigenvalue weighted by molar-refractivity contribution is 0.551. The SMILES string of the molecule is Cl.O=S(=O)(NCC1CCCN1)c1cccc(Cl)c1Br. The summed E-state index contributed by atoms with van der Waals surface area (Å²) in [6, 6.07) is 5.01. The molecule has 1 aliphatic heterocycles. The number of hydrogen-bond acceptors (Lipinski definition) is 3. The highest BCUT2D eigenvalue weighted by Gasteiger charge is 2.21. The summed E-state index contributed by atoms with van der Waals surface area (Å²) in [6.45, 7) is 1.36. The van der Waals surface area contributed by atoms with E-state index < -0.39 is 10.0 Å². The fourth-order valence-corrected chi connectivity index (χ4v) is 4.22. The van der Waals surface area contributed by atoms with Crippen LogP contribution in [0.25, 0.3) is 0 Å². The van der Waals surface area contributed by atoms with Gasteiger partial charge < -0.3 is 5.32 Å². The Hall–Kier alpha value is 0.150. The molecule has 0 spiro atoms. The zero-order chi connectivity index (χ0) is 13.2. The zero-order valence-electron chi connectivity index (χ0n) is 10.0. The van der Waals surface area contributed by atoms with E-state index in [0.29, 0.717) is 16.0 Å². The van der Waals surface area contributed by atoms with Gasteiger partial charge in [-0.25, -0.2) is 13.1 Å². The second kappa shape index (κ2) is 7.24. The zero-order valence-corrected chi connectivity index (χ0v) is 14.0. The molecule has 8 heteroatoms. The Bertz CT molecular complexity index is 533. The Morgan fingerprint density at radius 1 is 1.47 bits per heavy atom. The fourth-order valence-electron chi connectivity index (χ4n) is 1.91. The molecule has 4 nitrogen and oxygen atoms in total. The first kappa shape index (κ1) is 17.2. The van der Waals surface area contributed by atoms with E-state index >= 15 is 0 Å². The van der Waals surface area contributed by atoms with Crippen molar-refractivity contribution in [2.75, 3.05) is 13.1 Å². The van der Waals surface area contributed by atoms with Gasteiger partial charge in [0.25, 0.3) is 0 Å². The number of benzene rings is 1. The average Bonchev–Trinajstić information content (AvgIpc) is 2.83. The van der Waals surface area contributed by atoms with Crippen molar-refractivity contribution >= 4 is 50.0 Å². The highest BCUT2D eigenvalue weighted by molar-refractivity contribution is 9.10. The van der Waals surface area contributed by atoms with Crippen LogP contribution in [-0.2, 0) is 10.0 Å². The van der Waals surface area contributed by atoms with Gasteiger partial charge in [-0.1, -0.05) is 17.7 Å². The van der Waals surface area contributed by atoms with Gasteiger partial charge in [-0.05, 0) is 47.4 Å². The van der Waals surface area contributed by atoms with Crippen LogP contribution in [0.1, 0.15) is 12.8 Å². The van der Waals surface area contributed by atoms with Gasteiger partial charge in [0.15, 0.2) is 0 Å². The molecule has 0 saturated carbocycles. The summed E-state index contributed by atoms with van der Waals surface area (Å²) >= 11 is 9.10. The minimum absolute atomic E-state index is 0. The molecular weight excluding hydrogens is 375 g/mol. The van der Waals surface area contributed by atoms with Crippen molar-refractivity contribution in [1.29, 1.82) is 0 Å². The Kier molecular flexibility index (Phi) is 6.56. The van der Waals surface area contributed by atoms with Crippen molar-refractivity contribution in [3.05, 3.63) is 27.7 Å². The number of halogens is 3. The molecule has 1 unspecified atom stereocenters. The molecule has 0 aromatic heterocycles. The first-order valence-corrected chi connectivity index (χ1v) is 8.33. The lowest BCUT2D eigenvalue weighted by Crippen LogP contribution is -2.37. The molecule has 1 heterocycles. The van der Waals surface area contributed by atoms with Crippen molar-refractivity contribution in [2.24, 2.45) is 0 Å². The molecule has 1 atom stereocenters. The van der Waals surface area contributed by atoms with Crippen molar-refractivity contribution in [1.82, 2.24) is 10.0 Å². The number of hydrogen-bond donors (Lipinski definition) is 2. The molecule has 1 aromatic carbocycles. The molecule has 1 aliphatic rings. The van der Waals surface area contributed by atoms with Gasteiger partial charge in [0.05, 0.1) is 14.4 Å². The van der Waals surface area contributed by atoms with Gasteiger partial charge >= 0.3 is 0 Å². The molecular formula is C11H15BrCl2N2O2S. The minimum atomic E-state index is -3.52. The third kappa shape index (κ3) is 4.31. The predicted molar refractivity (Wildman–Crippen MR) is 82.6 cm³/mol. The maximum Gasteiger partial charge on any atom is 0.241 e. The van der Waals surface area contributed by atoms with Gasteiger partial charge in [0.1, 0.15) is 0 Å². The smallest absolute Gasteiger partial charge is 0.241 e. The Morgan fingerprint density at radius 3 is 2.84 bits per heavy atom. The van der Waals surface area contributed by atoms with Crippen LogP contribution in [0.4, 0.5) is 0 Å². The largest absolute Gasteiger partial charge is 0.313 e. The normalized spacial score (nSPS) is 19.2. The lowest BCUT2D eigenvalue weighted by atomic mass is 10.2. The van der Waals surface area contributed by atoms with E-state index in [1.165, 1.54) is 6.07 Å². The molecule has 0 amide bonds. The van der Waals surface area contributed by atoms with Crippen LogP contribution in [0.5, 0.6) is 0 Å². The van der Waals surface area contributed by atoms with Crippen LogP contribution in [0, 0.1) is 0 Å². The summed E-state index contributed by atoms with van der Waals surface area (Å²) in [5, 5.41) is 3.63. The average molecular weight is 390 g/mol. The van der Waals surface area contributed by atoms with E-state index in [1.807, 2.05) is 0 Å². The monoisotopic (exact) mass is 388 g/mol. The maximum atomic E-state index is 12.1. The molecule has 1 aromatic rings. The van der Waals surface area contributed by atoms with Gasteiger partial charge in [-0.15, -0.1) is 12.4 Å². The van der Waals surface area contributed by atoms with Gasteiger partial charge in [0, 0.05) is 12.6 Å². The standard InChI is InChI=1S/C11H14BrClN2O2S.ClH/c12-11-9(13)4-1-5-10(11)18(16,17)15-7-8-3-2-6-14-8;/h1,4-5,8,14-15H,2-3,6-7H2;1H. The summed E-state index contributed by atoms with van der Waals surface area (Å²) in [4.78, 5) is 0.174. The van der Waals surface area contributed by atoms with Crippen LogP contribution in [0.2, 0.25) is 5.02 Å². The quantitative estimate of drug-likeness (QED) is 0.831. The third-order valence-electron chi connectivity index (χ3n) is 2.89. The van der Waals surface area contributed by atoms with Crippen molar-refractivity contribution in [3.63, 3.8) is 0 Å². The van der Waals surface area contributed by atoms with Crippen LogP contribution < -0.4 is 10.0 Å². The van der Waals surface area contributed by atoms with E-state index in [1.54, 1.807) is 12.1 Å². The molecule has 2 rings (SSSR count). The van der Waals surface area contributed by atoms with Gasteiger partial charge in [-0.3, -0.25) is 0 Å². The number of nitrogens with one attached hydrogen (secondary N) is 2. The van der Waals surface area contributed by atoms with Crippen LogP contribution in [-0.4, -0.2) is 27.5 Å². The van der Waals surface area contributed by atoms with Crippen molar-refractivity contribution in [2.45, 2.75) is 23.8 Å². The molecule has 0 bridgehead atoms. The third-order valence-corrected chi connectivity index (χ3v) is 6.01. The molecule has 1 fully saturated rings. The van der Waals surface area contributed by atoms with E-state index in [-0.39, 0.29) is 23.3 Å².